The van der Waals surface area contributed by atoms with Crippen LogP contribution in [-0.2, 0) is 6.54 Å². The van der Waals surface area contributed by atoms with Crippen LogP contribution in [0.3, 0.4) is 0 Å². The van der Waals surface area contributed by atoms with Crippen molar-refractivity contribution in [2.24, 2.45) is 5.92 Å². The predicted molar refractivity (Wildman–Crippen MR) is 68.4 cm³/mol. The lowest BCUT2D eigenvalue weighted by molar-refractivity contribution is 0.512. The number of unbranched alkanes of at least 4 members (excludes halogenated alkanes) is 1. The van der Waals surface area contributed by atoms with Crippen molar-refractivity contribution in [2.75, 3.05) is 0 Å². The van der Waals surface area contributed by atoms with E-state index in [9.17, 15) is 0 Å². The van der Waals surface area contributed by atoms with Gasteiger partial charge in [0.2, 0.25) is 0 Å². The average Bonchev–Trinajstić information content (AvgIpc) is 2.68. The van der Waals surface area contributed by atoms with Crippen LogP contribution in [0.4, 0.5) is 0 Å². The maximum atomic E-state index is 4.40. The molecule has 0 unspecified atom stereocenters. The van der Waals surface area contributed by atoms with E-state index in [0.717, 1.165) is 18.0 Å². The van der Waals surface area contributed by atoms with Gasteiger partial charge in [0.15, 0.2) is 0 Å². The highest BCUT2D eigenvalue weighted by Gasteiger charge is 2.01. The second kappa shape index (κ2) is 5.15. The Morgan fingerprint density at radius 3 is 2.81 bits per heavy atom. The lowest BCUT2D eigenvalue weighted by Gasteiger charge is -2.06. The number of aromatic nitrogens is 2. The van der Waals surface area contributed by atoms with Gasteiger partial charge in [-0.25, -0.2) is 4.98 Å². The Morgan fingerprint density at radius 2 is 2.00 bits per heavy atom. The molecule has 0 aliphatic carbocycles. The van der Waals surface area contributed by atoms with Gasteiger partial charge in [0.1, 0.15) is 0 Å². The first-order chi connectivity index (χ1) is 7.77. The van der Waals surface area contributed by atoms with E-state index in [2.05, 4.69) is 41.6 Å². The Hall–Kier alpha value is -1.31. The molecule has 0 saturated heterocycles. The molecule has 2 rings (SSSR count). The minimum absolute atomic E-state index is 0.819. The van der Waals surface area contributed by atoms with Crippen LogP contribution in [0.15, 0.2) is 30.6 Å². The highest BCUT2D eigenvalue weighted by atomic mass is 15.0. The van der Waals surface area contributed by atoms with Crippen molar-refractivity contribution >= 4 is 11.0 Å². The van der Waals surface area contributed by atoms with Crippen LogP contribution >= 0.6 is 0 Å². The molecule has 16 heavy (non-hydrogen) atoms. The van der Waals surface area contributed by atoms with Gasteiger partial charge in [-0.15, -0.1) is 0 Å². The first-order valence-corrected chi connectivity index (χ1v) is 6.17. The predicted octanol–water partition coefficient (Wildman–Crippen LogP) is 3.86. The average molecular weight is 216 g/mol. The Kier molecular flexibility index (Phi) is 3.60. The molecule has 1 heterocycles. The van der Waals surface area contributed by atoms with Crippen molar-refractivity contribution in [3.63, 3.8) is 0 Å². The maximum Gasteiger partial charge on any atom is 0.0958 e. The topological polar surface area (TPSA) is 17.8 Å². The summed E-state index contributed by atoms with van der Waals surface area (Å²) >= 11 is 0. The van der Waals surface area contributed by atoms with E-state index >= 15 is 0 Å². The lowest BCUT2D eigenvalue weighted by Crippen LogP contribution is -1.97. The summed E-state index contributed by atoms with van der Waals surface area (Å²) in [5, 5.41) is 0. The number of fused-ring (bicyclic) bond motifs is 1. The van der Waals surface area contributed by atoms with Gasteiger partial charge >= 0.3 is 0 Å². The molecule has 2 nitrogen and oxygen atoms in total. The van der Waals surface area contributed by atoms with Crippen LogP contribution in [0.2, 0.25) is 0 Å². The summed E-state index contributed by atoms with van der Waals surface area (Å²) in [6.07, 6.45) is 5.84. The Balaban J connectivity index is 1.94. The van der Waals surface area contributed by atoms with Gasteiger partial charge in [-0.2, -0.15) is 0 Å². The van der Waals surface area contributed by atoms with Crippen LogP contribution in [0.25, 0.3) is 11.0 Å². The molecule has 86 valence electrons. The molecule has 0 saturated carbocycles. The second-order valence-electron chi connectivity index (χ2n) is 4.82. The largest absolute Gasteiger partial charge is 0.331 e. The lowest BCUT2D eigenvalue weighted by atomic mass is 10.1. The zero-order valence-electron chi connectivity index (χ0n) is 10.2. The van der Waals surface area contributed by atoms with Crippen molar-refractivity contribution in [2.45, 2.75) is 39.7 Å². The highest BCUT2D eigenvalue weighted by molar-refractivity contribution is 5.74. The number of para-hydroxylation sites is 2. The fourth-order valence-corrected chi connectivity index (χ4v) is 2.02. The zero-order chi connectivity index (χ0) is 11.4. The summed E-state index contributed by atoms with van der Waals surface area (Å²) < 4.78 is 2.26. The third-order valence-corrected chi connectivity index (χ3v) is 2.96. The van der Waals surface area contributed by atoms with Crippen LogP contribution < -0.4 is 0 Å². The van der Waals surface area contributed by atoms with Crippen molar-refractivity contribution in [3.8, 4) is 0 Å². The summed E-state index contributed by atoms with van der Waals surface area (Å²) in [6, 6.07) is 8.33. The Morgan fingerprint density at radius 1 is 1.19 bits per heavy atom. The molecule has 0 fully saturated rings. The third kappa shape index (κ3) is 2.63. The Bertz CT molecular complexity index is 443. The van der Waals surface area contributed by atoms with Crippen molar-refractivity contribution in [3.05, 3.63) is 30.6 Å². The molecule has 0 radical (unpaired) electrons. The van der Waals surface area contributed by atoms with E-state index < -0.39 is 0 Å². The van der Waals surface area contributed by atoms with Crippen LogP contribution in [0.5, 0.6) is 0 Å². The van der Waals surface area contributed by atoms with E-state index in [1.165, 1.54) is 24.8 Å². The fraction of sp³-hybridized carbons (Fsp3) is 0.500. The molecule has 0 aliphatic heterocycles. The maximum absolute atomic E-state index is 4.40. The molecule has 1 aromatic heterocycles. The van der Waals surface area contributed by atoms with Gasteiger partial charge < -0.3 is 4.57 Å². The molecule has 0 bridgehead atoms. The summed E-state index contributed by atoms with van der Waals surface area (Å²) in [5.41, 5.74) is 2.36. The molecule has 0 spiro atoms. The number of nitrogens with zero attached hydrogens (tertiary/aromatic N) is 2. The SMILES string of the molecule is CC(C)CCCCn1cnc2ccccc21. The fourth-order valence-electron chi connectivity index (χ4n) is 2.02. The minimum Gasteiger partial charge on any atom is -0.331 e. The molecule has 0 N–H and O–H groups in total. The van der Waals surface area contributed by atoms with Crippen LogP contribution in [0, 0.1) is 5.92 Å². The van der Waals surface area contributed by atoms with E-state index in [0.29, 0.717) is 0 Å². The monoisotopic (exact) mass is 216 g/mol. The molecule has 0 aliphatic rings. The van der Waals surface area contributed by atoms with Gasteiger partial charge in [-0.3, -0.25) is 0 Å². The molecular formula is C14H20N2. The van der Waals surface area contributed by atoms with Gasteiger partial charge in [0, 0.05) is 6.54 Å². The molecule has 1 aromatic carbocycles. The summed E-state index contributed by atoms with van der Waals surface area (Å²) in [6.45, 7) is 5.66. The summed E-state index contributed by atoms with van der Waals surface area (Å²) in [7, 11) is 0. The number of hydrogen-bond donors (Lipinski definition) is 0. The van der Waals surface area contributed by atoms with Gasteiger partial charge in [-0.05, 0) is 24.5 Å². The zero-order valence-corrected chi connectivity index (χ0v) is 10.2. The van der Waals surface area contributed by atoms with Gasteiger partial charge in [0.05, 0.1) is 17.4 Å². The van der Waals surface area contributed by atoms with Crippen molar-refractivity contribution in [1.29, 1.82) is 0 Å². The number of benzene rings is 1. The van der Waals surface area contributed by atoms with E-state index in [1.54, 1.807) is 0 Å². The first kappa shape index (κ1) is 11.2. The minimum atomic E-state index is 0.819. The van der Waals surface area contributed by atoms with E-state index in [4.69, 9.17) is 0 Å². The number of rotatable bonds is 5. The standard InChI is InChI=1S/C14H20N2/c1-12(2)7-5-6-10-16-11-15-13-8-3-4-9-14(13)16/h3-4,8-9,11-12H,5-7,10H2,1-2H3. The smallest absolute Gasteiger partial charge is 0.0958 e. The molecule has 2 aromatic rings. The highest BCUT2D eigenvalue weighted by Crippen LogP contribution is 2.13. The number of imidazole rings is 1. The molecular weight excluding hydrogens is 196 g/mol. The molecule has 0 amide bonds. The molecule has 2 heteroatoms. The quantitative estimate of drug-likeness (QED) is 0.694. The van der Waals surface area contributed by atoms with E-state index in [-0.39, 0.29) is 0 Å². The normalized spacial score (nSPS) is 11.4. The molecule has 0 atom stereocenters. The number of aryl methyl sites for hydroxylation is 1. The van der Waals surface area contributed by atoms with Crippen LogP contribution in [0.1, 0.15) is 33.1 Å². The van der Waals surface area contributed by atoms with Crippen LogP contribution in [-0.4, -0.2) is 9.55 Å². The Labute approximate surface area is 97.3 Å². The summed E-state index contributed by atoms with van der Waals surface area (Å²) in [4.78, 5) is 4.40. The third-order valence-electron chi connectivity index (χ3n) is 2.96. The summed E-state index contributed by atoms with van der Waals surface area (Å²) in [5.74, 6) is 0.819. The van der Waals surface area contributed by atoms with Crippen molar-refractivity contribution in [1.82, 2.24) is 9.55 Å². The van der Waals surface area contributed by atoms with Crippen molar-refractivity contribution < 1.29 is 0 Å². The number of hydrogen-bond acceptors (Lipinski definition) is 1. The second-order valence-corrected chi connectivity index (χ2v) is 4.82. The van der Waals surface area contributed by atoms with E-state index in [1.807, 2.05) is 12.4 Å². The van der Waals surface area contributed by atoms with Gasteiger partial charge in [0.25, 0.3) is 0 Å². The van der Waals surface area contributed by atoms with Gasteiger partial charge in [-0.1, -0.05) is 38.8 Å². The first-order valence-electron chi connectivity index (χ1n) is 6.17.